The Bertz CT molecular complexity index is 253. The Morgan fingerprint density at radius 2 is 1.14 bits per heavy atom. The summed E-state index contributed by atoms with van der Waals surface area (Å²) in [5.74, 6) is -1.19. The molecule has 0 unspecified atom stereocenters. The van der Waals surface area contributed by atoms with Gasteiger partial charge in [-0.2, -0.15) is 0 Å². The van der Waals surface area contributed by atoms with E-state index in [0.717, 1.165) is 0 Å². The van der Waals surface area contributed by atoms with Gasteiger partial charge in [0.2, 0.25) is 0 Å². The average Bonchev–Trinajstić information content (AvgIpc) is 2.49. The summed E-state index contributed by atoms with van der Waals surface area (Å²) >= 11 is 0. The SMILES string of the molecule is C=C(C)C(=O)[O-].CCCC[P+](CCC)(CCCC)CCCC. The molecule has 0 atom stereocenters. The smallest absolute Gasteiger partial charge is 0.0666 e. The number of hydrogen-bond donors (Lipinski definition) is 0. The number of carbonyl (C=O) groups is 1. The number of carboxylic acid groups (broad SMARTS) is 1. The third kappa shape index (κ3) is 13.3. The molecule has 0 N–H and O–H groups in total. The molecule has 0 aliphatic heterocycles. The number of carbonyl (C=O) groups excluding carboxylic acids is 1. The third-order valence-corrected chi connectivity index (χ3v) is 9.20. The van der Waals surface area contributed by atoms with Crippen molar-refractivity contribution < 1.29 is 9.90 Å². The van der Waals surface area contributed by atoms with Crippen molar-refractivity contribution in [2.75, 3.05) is 24.6 Å². The van der Waals surface area contributed by atoms with Crippen molar-refractivity contribution in [3.63, 3.8) is 0 Å². The molecule has 0 aromatic rings. The van der Waals surface area contributed by atoms with Crippen molar-refractivity contribution in [2.45, 2.75) is 79.6 Å². The molecule has 0 spiro atoms. The lowest BCUT2D eigenvalue weighted by Crippen LogP contribution is -2.22. The number of aliphatic carboxylic acids is 1. The monoisotopic (exact) mass is 330 g/mol. The zero-order chi connectivity index (χ0) is 17.4. The molecular weight excluding hydrogens is 291 g/mol. The minimum absolute atomic E-state index is 0.0648. The molecule has 0 aliphatic carbocycles. The molecule has 0 amide bonds. The summed E-state index contributed by atoms with van der Waals surface area (Å²) in [4.78, 5) is 9.49. The van der Waals surface area contributed by atoms with Crippen LogP contribution in [-0.2, 0) is 4.79 Å². The summed E-state index contributed by atoms with van der Waals surface area (Å²) in [6, 6.07) is 0. The number of unbranched alkanes of at least 4 members (excludes halogenated alkanes) is 3. The van der Waals surface area contributed by atoms with Gasteiger partial charge in [-0.1, -0.05) is 53.5 Å². The molecule has 0 aliphatic rings. The summed E-state index contributed by atoms with van der Waals surface area (Å²) in [5.41, 5.74) is 0.0648. The van der Waals surface area contributed by atoms with E-state index in [9.17, 15) is 9.90 Å². The van der Waals surface area contributed by atoms with Crippen molar-refractivity contribution in [1.29, 1.82) is 0 Å². The van der Waals surface area contributed by atoms with Crippen LogP contribution in [0.4, 0.5) is 0 Å². The Balaban J connectivity index is 0. The molecule has 2 nitrogen and oxygen atoms in total. The molecular formula is C19H39O2P. The zero-order valence-electron chi connectivity index (χ0n) is 15.7. The van der Waals surface area contributed by atoms with Gasteiger partial charge in [-0.25, -0.2) is 0 Å². The quantitative estimate of drug-likeness (QED) is 0.368. The molecule has 3 heteroatoms. The van der Waals surface area contributed by atoms with Crippen molar-refractivity contribution in [3.05, 3.63) is 12.2 Å². The largest absolute Gasteiger partial charge is 0.545 e. The molecule has 132 valence electrons. The maximum absolute atomic E-state index is 9.49. The summed E-state index contributed by atoms with van der Waals surface area (Å²) in [5, 5.41) is 9.49. The minimum Gasteiger partial charge on any atom is -0.545 e. The van der Waals surface area contributed by atoms with Crippen LogP contribution in [-0.4, -0.2) is 30.6 Å². The van der Waals surface area contributed by atoms with Crippen LogP contribution in [0.1, 0.15) is 79.6 Å². The van der Waals surface area contributed by atoms with Gasteiger partial charge in [0, 0.05) is 7.26 Å². The standard InChI is InChI=1S/C15H34P.C4H6O2/c1-5-9-13-16(12-8-4,14-10-6-2)15-11-7-3;1-3(2)4(5)6/h5-15H2,1-4H3;1H2,2H3,(H,5,6)/q+1;/p-1. The van der Waals surface area contributed by atoms with Crippen molar-refractivity contribution in [2.24, 2.45) is 0 Å². The Morgan fingerprint density at radius 1 is 0.818 bits per heavy atom. The fourth-order valence-electron chi connectivity index (χ4n) is 2.63. The summed E-state index contributed by atoms with van der Waals surface area (Å²) in [7, 11) is -0.546. The van der Waals surface area contributed by atoms with Crippen LogP contribution in [0.2, 0.25) is 0 Å². The second-order valence-electron chi connectivity index (χ2n) is 6.36. The zero-order valence-corrected chi connectivity index (χ0v) is 16.6. The molecule has 0 radical (unpaired) electrons. The lowest BCUT2D eigenvalue weighted by atomic mass is 10.4. The summed E-state index contributed by atoms with van der Waals surface area (Å²) in [6.45, 7) is 13.9. The fraction of sp³-hybridized carbons (Fsp3) is 0.842. The number of carboxylic acids is 1. The second kappa shape index (κ2) is 15.5. The first-order chi connectivity index (χ1) is 10.4. The lowest BCUT2D eigenvalue weighted by molar-refractivity contribution is -0.299. The minimum atomic E-state index is -1.19. The first kappa shape index (κ1) is 23.9. The molecule has 22 heavy (non-hydrogen) atoms. The lowest BCUT2D eigenvalue weighted by Gasteiger charge is -2.27. The van der Waals surface area contributed by atoms with Gasteiger partial charge in [0.1, 0.15) is 0 Å². The van der Waals surface area contributed by atoms with E-state index < -0.39 is 13.2 Å². The highest BCUT2D eigenvalue weighted by Gasteiger charge is 2.33. The topological polar surface area (TPSA) is 40.1 Å². The predicted molar refractivity (Wildman–Crippen MR) is 101 cm³/mol. The van der Waals surface area contributed by atoms with Crippen LogP contribution in [0.5, 0.6) is 0 Å². The van der Waals surface area contributed by atoms with Gasteiger partial charge in [0.25, 0.3) is 0 Å². The molecule has 0 bridgehead atoms. The van der Waals surface area contributed by atoms with E-state index in [-0.39, 0.29) is 5.57 Å². The third-order valence-electron chi connectivity index (χ3n) is 4.00. The molecule has 0 saturated carbocycles. The van der Waals surface area contributed by atoms with Crippen LogP contribution in [0, 0.1) is 0 Å². The normalized spacial score (nSPS) is 10.8. The summed E-state index contributed by atoms with van der Waals surface area (Å²) < 4.78 is 0. The highest BCUT2D eigenvalue weighted by molar-refractivity contribution is 7.75. The molecule has 0 aromatic carbocycles. The summed E-state index contributed by atoms with van der Waals surface area (Å²) in [6.07, 6.45) is 16.4. The molecule has 0 heterocycles. The van der Waals surface area contributed by atoms with E-state index >= 15 is 0 Å². The van der Waals surface area contributed by atoms with Gasteiger partial charge in [0.05, 0.1) is 30.6 Å². The van der Waals surface area contributed by atoms with E-state index in [1.165, 1.54) is 51.9 Å². The van der Waals surface area contributed by atoms with Gasteiger partial charge in [-0.15, -0.1) is 0 Å². The fourth-order valence-corrected chi connectivity index (χ4v) is 7.88. The van der Waals surface area contributed by atoms with E-state index in [1.807, 2.05) is 0 Å². The Morgan fingerprint density at radius 3 is 1.32 bits per heavy atom. The van der Waals surface area contributed by atoms with Crippen LogP contribution in [0.3, 0.4) is 0 Å². The van der Waals surface area contributed by atoms with E-state index in [0.29, 0.717) is 0 Å². The number of hydrogen-bond acceptors (Lipinski definition) is 2. The first-order valence-corrected chi connectivity index (χ1v) is 11.6. The van der Waals surface area contributed by atoms with E-state index in [2.05, 4.69) is 34.3 Å². The van der Waals surface area contributed by atoms with Gasteiger partial charge in [0.15, 0.2) is 0 Å². The second-order valence-corrected chi connectivity index (χ2v) is 10.8. The van der Waals surface area contributed by atoms with E-state index in [4.69, 9.17) is 0 Å². The number of rotatable bonds is 12. The molecule has 0 saturated heterocycles. The highest BCUT2D eigenvalue weighted by Crippen LogP contribution is 2.61. The van der Waals surface area contributed by atoms with E-state index in [1.54, 1.807) is 24.6 Å². The molecule has 0 rings (SSSR count). The van der Waals surface area contributed by atoms with Crippen LogP contribution in [0.15, 0.2) is 12.2 Å². The van der Waals surface area contributed by atoms with Gasteiger partial charge >= 0.3 is 0 Å². The van der Waals surface area contributed by atoms with Crippen molar-refractivity contribution >= 4 is 13.2 Å². The Kier molecular flexibility index (Phi) is 16.9. The average molecular weight is 330 g/mol. The predicted octanol–water partition coefficient (Wildman–Crippen LogP) is 5.13. The Labute approximate surface area is 140 Å². The first-order valence-electron chi connectivity index (χ1n) is 9.11. The Hall–Kier alpha value is -0.360. The van der Waals surface area contributed by atoms with Gasteiger partial charge < -0.3 is 9.90 Å². The van der Waals surface area contributed by atoms with Crippen molar-refractivity contribution in [3.8, 4) is 0 Å². The van der Waals surface area contributed by atoms with Crippen LogP contribution < -0.4 is 5.11 Å². The maximum atomic E-state index is 9.49. The van der Waals surface area contributed by atoms with Crippen LogP contribution in [0.25, 0.3) is 0 Å². The maximum Gasteiger partial charge on any atom is 0.0666 e. The van der Waals surface area contributed by atoms with Crippen molar-refractivity contribution in [1.82, 2.24) is 0 Å². The molecule has 0 aromatic heterocycles. The molecule has 0 fully saturated rings. The van der Waals surface area contributed by atoms with Crippen LogP contribution >= 0.6 is 7.26 Å². The van der Waals surface area contributed by atoms with Gasteiger partial charge in [-0.05, 0) is 38.2 Å². The van der Waals surface area contributed by atoms with Gasteiger partial charge in [-0.3, -0.25) is 0 Å². The highest BCUT2D eigenvalue weighted by atomic mass is 31.2.